The molecule has 1 aliphatic rings. The van der Waals surface area contributed by atoms with E-state index in [0.29, 0.717) is 17.2 Å². The van der Waals surface area contributed by atoms with E-state index in [4.69, 9.17) is 16.3 Å². The molecule has 0 saturated heterocycles. The van der Waals surface area contributed by atoms with E-state index in [2.05, 4.69) is 30.1 Å². The predicted molar refractivity (Wildman–Crippen MR) is 131 cm³/mol. The Hall–Kier alpha value is -3.17. The Labute approximate surface area is 188 Å². The van der Waals surface area contributed by atoms with Crippen molar-refractivity contribution in [2.45, 2.75) is 25.9 Å². The number of aliphatic hydroxyl groups is 1. The molecule has 3 aromatic rings. The van der Waals surface area contributed by atoms with Crippen LogP contribution in [0, 0.1) is 0 Å². The highest BCUT2D eigenvalue weighted by atomic mass is 35.5. The van der Waals surface area contributed by atoms with Gasteiger partial charge in [-0.3, -0.25) is 0 Å². The highest BCUT2D eigenvalue weighted by Crippen LogP contribution is 2.44. The number of hydrogen-bond donors (Lipinski definition) is 2. The SMILES string of the molecule is C=C(O)c1cc(C2=C(c3cc(Cl)ccc3OCc3ccccc3)CCC2)ccc1NC. The van der Waals surface area contributed by atoms with Gasteiger partial charge >= 0.3 is 0 Å². The summed E-state index contributed by atoms with van der Waals surface area (Å²) in [6, 6.07) is 22.0. The third-order valence-electron chi connectivity index (χ3n) is 5.67. The monoisotopic (exact) mass is 431 g/mol. The quantitative estimate of drug-likeness (QED) is 0.378. The van der Waals surface area contributed by atoms with Crippen LogP contribution in [0.1, 0.15) is 41.5 Å². The van der Waals surface area contributed by atoms with Crippen LogP contribution in [0.4, 0.5) is 5.69 Å². The maximum absolute atomic E-state index is 10.1. The molecule has 158 valence electrons. The molecule has 4 rings (SSSR count). The molecule has 0 bridgehead atoms. The smallest absolute Gasteiger partial charge is 0.127 e. The normalized spacial score (nSPS) is 13.4. The lowest BCUT2D eigenvalue weighted by Gasteiger charge is -2.16. The number of aliphatic hydroxyl groups excluding tert-OH is 1. The molecule has 0 fully saturated rings. The zero-order valence-corrected chi connectivity index (χ0v) is 18.4. The van der Waals surface area contributed by atoms with Gasteiger partial charge in [-0.05, 0) is 71.9 Å². The van der Waals surface area contributed by atoms with Crippen molar-refractivity contribution in [2.24, 2.45) is 0 Å². The fraction of sp³-hybridized carbons (Fsp3) is 0.185. The second-order valence-corrected chi connectivity index (χ2v) is 8.12. The van der Waals surface area contributed by atoms with Crippen LogP contribution in [0.2, 0.25) is 5.02 Å². The van der Waals surface area contributed by atoms with Crippen molar-refractivity contribution in [3.05, 3.63) is 101 Å². The minimum Gasteiger partial charge on any atom is -0.508 e. The summed E-state index contributed by atoms with van der Waals surface area (Å²) in [6.07, 6.45) is 3.00. The highest BCUT2D eigenvalue weighted by Gasteiger charge is 2.22. The standard InChI is InChI=1S/C27H26ClNO2/c1-18(30)24-15-20(11-13-26(24)29-2)22-9-6-10-23(22)25-16-21(28)12-14-27(25)31-17-19-7-4-3-5-8-19/h3-5,7-8,11-16,29-30H,1,6,9-10,17H2,2H3. The number of anilines is 1. The molecule has 4 heteroatoms. The van der Waals surface area contributed by atoms with Gasteiger partial charge in [0.2, 0.25) is 0 Å². The molecule has 3 nitrogen and oxygen atoms in total. The zero-order valence-electron chi connectivity index (χ0n) is 17.6. The van der Waals surface area contributed by atoms with Crippen molar-refractivity contribution >= 4 is 34.2 Å². The number of benzene rings is 3. The van der Waals surface area contributed by atoms with E-state index in [9.17, 15) is 5.11 Å². The number of nitrogens with one attached hydrogen (secondary N) is 1. The highest BCUT2D eigenvalue weighted by molar-refractivity contribution is 6.30. The number of rotatable bonds is 7. The Morgan fingerprint density at radius 2 is 1.81 bits per heavy atom. The van der Waals surface area contributed by atoms with E-state index in [1.54, 1.807) is 0 Å². The molecule has 0 aromatic heterocycles. The number of allylic oxidation sites excluding steroid dienone is 2. The molecule has 0 radical (unpaired) electrons. The lowest BCUT2D eigenvalue weighted by Crippen LogP contribution is -1.99. The average Bonchev–Trinajstić information content (AvgIpc) is 3.28. The number of hydrogen-bond acceptors (Lipinski definition) is 3. The van der Waals surface area contributed by atoms with Crippen molar-refractivity contribution in [2.75, 3.05) is 12.4 Å². The van der Waals surface area contributed by atoms with E-state index < -0.39 is 0 Å². The minimum atomic E-state index is 0.0565. The van der Waals surface area contributed by atoms with Gasteiger partial charge in [0.15, 0.2) is 0 Å². The first-order valence-electron chi connectivity index (χ1n) is 10.5. The van der Waals surface area contributed by atoms with Gasteiger partial charge in [-0.2, -0.15) is 0 Å². The molecule has 1 aliphatic carbocycles. The zero-order chi connectivity index (χ0) is 21.8. The molecule has 31 heavy (non-hydrogen) atoms. The third-order valence-corrected chi connectivity index (χ3v) is 5.91. The number of ether oxygens (including phenoxy) is 1. The summed E-state index contributed by atoms with van der Waals surface area (Å²) >= 11 is 6.38. The summed E-state index contributed by atoms with van der Waals surface area (Å²) in [5, 5.41) is 13.9. The van der Waals surface area contributed by atoms with Crippen LogP contribution in [0.15, 0.2) is 73.3 Å². The van der Waals surface area contributed by atoms with Crippen molar-refractivity contribution in [3.63, 3.8) is 0 Å². The summed E-state index contributed by atoms with van der Waals surface area (Å²) in [5.74, 6) is 0.891. The van der Waals surface area contributed by atoms with Gasteiger partial charge in [0, 0.05) is 28.9 Å². The Kier molecular flexibility index (Phi) is 6.34. The van der Waals surface area contributed by atoms with Gasteiger partial charge in [-0.25, -0.2) is 0 Å². The van der Waals surface area contributed by atoms with Crippen molar-refractivity contribution in [1.29, 1.82) is 0 Å². The molecular weight excluding hydrogens is 406 g/mol. The first-order valence-corrected chi connectivity index (χ1v) is 10.8. The topological polar surface area (TPSA) is 41.5 Å². The van der Waals surface area contributed by atoms with Crippen molar-refractivity contribution in [3.8, 4) is 5.75 Å². The van der Waals surface area contributed by atoms with Gasteiger partial charge in [-0.1, -0.05) is 54.6 Å². The van der Waals surface area contributed by atoms with E-state index in [-0.39, 0.29) is 5.76 Å². The van der Waals surface area contributed by atoms with Gasteiger partial charge in [0.05, 0.1) is 0 Å². The summed E-state index contributed by atoms with van der Waals surface area (Å²) in [4.78, 5) is 0. The van der Waals surface area contributed by atoms with Crippen LogP contribution < -0.4 is 10.1 Å². The summed E-state index contributed by atoms with van der Waals surface area (Å²) in [5.41, 5.74) is 7.33. The van der Waals surface area contributed by atoms with E-state index in [0.717, 1.165) is 47.4 Å². The van der Waals surface area contributed by atoms with Crippen molar-refractivity contribution < 1.29 is 9.84 Å². The molecule has 0 unspecified atom stereocenters. The third kappa shape index (κ3) is 4.62. The average molecular weight is 432 g/mol. The fourth-order valence-electron chi connectivity index (χ4n) is 4.15. The minimum absolute atomic E-state index is 0.0565. The van der Waals surface area contributed by atoms with Gasteiger partial charge in [0.1, 0.15) is 18.1 Å². The van der Waals surface area contributed by atoms with Crippen LogP contribution >= 0.6 is 11.6 Å². The van der Waals surface area contributed by atoms with Crippen molar-refractivity contribution in [1.82, 2.24) is 0 Å². The summed E-state index contributed by atoms with van der Waals surface area (Å²) in [7, 11) is 1.84. The molecule has 0 spiro atoms. The van der Waals surface area contributed by atoms with Crippen LogP contribution in [-0.2, 0) is 6.61 Å². The second kappa shape index (κ2) is 9.32. The Morgan fingerprint density at radius 3 is 2.55 bits per heavy atom. The Balaban J connectivity index is 1.74. The van der Waals surface area contributed by atoms with E-state index in [1.807, 2.05) is 55.6 Å². The molecule has 0 atom stereocenters. The first-order chi connectivity index (χ1) is 15.1. The molecular formula is C27H26ClNO2. The Morgan fingerprint density at radius 1 is 1.03 bits per heavy atom. The maximum Gasteiger partial charge on any atom is 0.127 e. The Bertz CT molecular complexity index is 1140. The van der Waals surface area contributed by atoms with Gasteiger partial charge in [-0.15, -0.1) is 0 Å². The molecule has 2 N–H and O–H groups in total. The molecule has 0 amide bonds. The van der Waals surface area contributed by atoms with Gasteiger partial charge < -0.3 is 15.2 Å². The largest absolute Gasteiger partial charge is 0.508 e. The molecule has 3 aromatic carbocycles. The van der Waals surface area contributed by atoms with Crippen LogP contribution in [0.5, 0.6) is 5.75 Å². The second-order valence-electron chi connectivity index (χ2n) is 7.68. The van der Waals surface area contributed by atoms with E-state index in [1.165, 1.54) is 11.1 Å². The number of halogens is 1. The van der Waals surface area contributed by atoms with Gasteiger partial charge in [0.25, 0.3) is 0 Å². The van der Waals surface area contributed by atoms with Crippen LogP contribution in [-0.4, -0.2) is 12.2 Å². The van der Waals surface area contributed by atoms with Crippen LogP contribution in [0.25, 0.3) is 16.9 Å². The summed E-state index contributed by atoms with van der Waals surface area (Å²) in [6.45, 7) is 4.22. The first kappa shape index (κ1) is 21.1. The molecule has 0 saturated carbocycles. The fourth-order valence-corrected chi connectivity index (χ4v) is 4.32. The lowest BCUT2D eigenvalue weighted by atomic mass is 9.94. The van der Waals surface area contributed by atoms with Crippen LogP contribution in [0.3, 0.4) is 0 Å². The molecule has 0 aliphatic heterocycles. The van der Waals surface area contributed by atoms with E-state index >= 15 is 0 Å². The predicted octanol–water partition coefficient (Wildman–Crippen LogP) is 7.58. The maximum atomic E-state index is 10.1. The lowest BCUT2D eigenvalue weighted by molar-refractivity contribution is 0.305. The molecule has 0 heterocycles. The summed E-state index contributed by atoms with van der Waals surface area (Å²) < 4.78 is 6.22.